The molecule has 0 aliphatic heterocycles. The third-order valence-electron chi connectivity index (χ3n) is 3.32. The second kappa shape index (κ2) is 6.56. The summed E-state index contributed by atoms with van der Waals surface area (Å²) in [6.45, 7) is 6.66. The molecule has 0 spiro atoms. The van der Waals surface area contributed by atoms with Gasteiger partial charge in [0.25, 0.3) is 0 Å². The Labute approximate surface area is 124 Å². The van der Waals surface area contributed by atoms with E-state index in [9.17, 15) is 0 Å². The zero-order valence-electron chi connectivity index (χ0n) is 11.6. The van der Waals surface area contributed by atoms with Gasteiger partial charge in [0.1, 0.15) is 0 Å². The van der Waals surface area contributed by atoms with Crippen molar-refractivity contribution >= 4 is 22.9 Å². The van der Waals surface area contributed by atoms with Gasteiger partial charge in [-0.05, 0) is 35.9 Å². The van der Waals surface area contributed by atoms with Crippen molar-refractivity contribution in [3.63, 3.8) is 0 Å². The van der Waals surface area contributed by atoms with Crippen molar-refractivity contribution in [1.29, 1.82) is 0 Å². The van der Waals surface area contributed by atoms with Crippen molar-refractivity contribution in [2.24, 2.45) is 5.92 Å². The van der Waals surface area contributed by atoms with Crippen LogP contribution in [0, 0.1) is 5.92 Å². The molecule has 1 heterocycles. The van der Waals surface area contributed by atoms with Gasteiger partial charge in [0.2, 0.25) is 0 Å². The lowest BCUT2D eigenvalue weighted by molar-refractivity contribution is 0.379. The van der Waals surface area contributed by atoms with Gasteiger partial charge in [-0.15, -0.1) is 11.3 Å². The normalized spacial score (nSPS) is 14.6. The molecule has 102 valence electrons. The van der Waals surface area contributed by atoms with E-state index < -0.39 is 0 Å². The Bertz CT molecular complexity index is 507. The van der Waals surface area contributed by atoms with Crippen LogP contribution in [0.25, 0.3) is 0 Å². The van der Waals surface area contributed by atoms with Gasteiger partial charge in [0, 0.05) is 22.0 Å². The van der Waals surface area contributed by atoms with Crippen LogP contribution < -0.4 is 5.32 Å². The van der Waals surface area contributed by atoms with Crippen LogP contribution in [0.15, 0.2) is 41.8 Å². The van der Waals surface area contributed by atoms with E-state index in [4.69, 9.17) is 11.6 Å². The van der Waals surface area contributed by atoms with E-state index in [0.29, 0.717) is 12.0 Å². The zero-order valence-corrected chi connectivity index (χ0v) is 13.1. The average molecular weight is 294 g/mol. The van der Waals surface area contributed by atoms with Crippen LogP contribution in [-0.2, 0) is 0 Å². The first-order chi connectivity index (χ1) is 9.09. The fourth-order valence-corrected chi connectivity index (χ4v) is 3.51. The molecule has 1 N–H and O–H groups in total. The molecule has 0 aliphatic carbocycles. The Morgan fingerprint density at radius 1 is 1.05 bits per heavy atom. The molecule has 2 aromatic rings. The minimum Gasteiger partial charge on any atom is -0.302 e. The highest BCUT2D eigenvalue weighted by atomic mass is 35.5. The standard InChI is InChI=1S/C16H20ClNS/c1-11(2)16(15-9-6-10-19-15)18-12(3)13-7-4-5-8-14(13)17/h4-12,16,18H,1-3H3. The van der Waals surface area contributed by atoms with Gasteiger partial charge in [-0.1, -0.05) is 49.7 Å². The lowest BCUT2D eigenvalue weighted by Crippen LogP contribution is -2.28. The van der Waals surface area contributed by atoms with Crippen molar-refractivity contribution < 1.29 is 0 Å². The third kappa shape index (κ3) is 3.59. The van der Waals surface area contributed by atoms with E-state index >= 15 is 0 Å². The first-order valence-corrected chi connectivity index (χ1v) is 7.89. The van der Waals surface area contributed by atoms with Gasteiger partial charge in [-0.2, -0.15) is 0 Å². The van der Waals surface area contributed by atoms with Gasteiger partial charge >= 0.3 is 0 Å². The number of hydrogen-bond acceptors (Lipinski definition) is 2. The lowest BCUT2D eigenvalue weighted by Gasteiger charge is -2.26. The quantitative estimate of drug-likeness (QED) is 0.773. The molecule has 2 atom stereocenters. The Balaban J connectivity index is 2.16. The molecule has 19 heavy (non-hydrogen) atoms. The molecule has 2 unspecified atom stereocenters. The molecule has 0 aliphatic rings. The summed E-state index contributed by atoms with van der Waals surface area (Å²) in [6, 6.07) is 13.0. The van der Waals surface area contributed by atoms with E-state index in [-0.39, 0.29) is 6.04 Å². The van der Waals surface area contributed by atoms with E-state index in [1.165, 1.54) is 4.88 Å². The van der Waals surface area contributed by atoms with E-state index in [2.05, 4.69) is 49.7 Å². The lowest BCUT2D eigenvalue weighted by atomic mass is 10.00. The summed E-state index contributed by atoms with van der Waals surface area (Å²) in [5.74, 6) is 0.545. The Hall–Kier alpha value is -0.830. The van der Waals surface area contributed by atoms with E-state index in [1.54, 1.807) is 11.3 Å². The molecular weight excluding hydrogens is 274 g/mol. The van der Waals surface area contributed by atoms with Crippen LogP contribution in [0.3, 0.4) is 0 Å². The Morgan fingerprint density at radius 2 is 1.79 bits per heavy atom. The van der Waals surface area contributed by atoms with Crippen LogP contribution in [0.1, 0.15) is 43.3 Å². The molecule has 1 aromatic heterocycles. The average Bonchev–Trinajstić information content (AvgIpc) is 2.89. The Morgan fingerprint density at radius 3 is 2.37 bits per heavy atom. The first kappa shape index (κ1) is 14.6. The summed E-state index contributed by atoms with van der Waals surface area (Å²) in [7, 11) is 0. The largest absolute Gasteiger partial charge is 0.302 e. The van der Waals surface area contributed by atoms with Gasteiger partial charge < -0.3 is 5.32 Å². The molecular formula is C16H20ClNS. The molecule has 0 fully saturated rings. The van der Waals surface area contributed by atoms with Crippen LogP contribution in [0.4, 0.5) is 0 Å². The molecule has 0 saturated carbocycles. The number of thiophene rings is 1. The second-order valence-electron chi connectivity index (χ2n) is 5.15. The maximum atomic E-state index is 6.27. The monoisotopic (exact) mass is 293 g/mol. The number of hydrogen-bond donors (Lipinski definition) is 1. The van der Waals surface area contributed by atoms with Crippen LogP contribution in [0.2, 0.25) is 5.02 Å². The summed E-state index contributed by atoms with van der Waals surface area (Å²) < 4.78 is 0. The van der Waals surface area contributed by atoms with E-state index in [1.807, 2.05) is 18.2 Å². The van der Waals surface area contributed by atoms with Gasteiger partial charge in [-0.25, -0.2) is 0 Å². The predicted molar refractivity (Wildman–Crippen MR) is 84.9 cm³/mol. The third-order valence-corrected chi connectivity index (χ3v) is 4.62. The Kier molecular flexibility index (Phi) is 5.03. The minimum atomic E-state index is 0.239. The summed E-state index contributed by atoms with van der Waals surface area (Å²) in [5.41, 5.74) is 1.16. The summed E-state index contributed by atoms with van der Waals surface area (Å²) in [6.07, 6.45) is 0. The van der Waals surface area contributed by atoms with Crippen LogP contribution >= 0.6 is 22.9 Å². The summed E-state index contributed by atoms with van der Waals surface area (Å²) in [5, 5.41) is 6.66. The smallest absolute Gasteiger partial charge is 0.0453 e. The number of nitrogens with one attached hydrogen (secondary N) is 1. The van der Waals surface area contributed by atoms with Crippen molar-refractivity contribution in [3.05, 3.63) is 57.2 Å². The zero-order chi connectivity index (χ0) is 13.8. The molecule has 2 rings (SSSR count). The molecule has 1 aromatic carbocycles. The first-order valence-electron chi connectivity index (χ1n) is 6.63. The number of benzene rings is 1. The highest BCUT2D eigenvalue weighted by molar-refractivity contribution is 7.10. The van der Waals surface area contributed by atoms with Crippen LogP contribution in [-0.4, -0.2) is 0 Å². The topological polar surface area (TPSA) is 12.0 Å². The molecule has 1 nitrogen and oxygen atoms in total. The van der Waals surface area contributed by atoms with Crippen molar-refractivity contribution in [3.8, 4) is 0 Å². The highest BCUT2D eigenvalue weighted by Gasteiger charge is 2.20. The maximum absolute atomic E-state index is 6.27. The van der Waals surface area contributed by atoms with Crippen LogP contribution in [0.5, 0.6) is 0 Å². The SMILES string of the molecule is CC(NC(c1cccs1)C(C)C)c1ccccc1Cl. The van der Waals surface area contributed by atoms with Crippen molar-refractivity contribution in [2.45, 2.75) is 32.9 Å². The fraction of sp³-hybridized carbons (Fsp3) is 0.375. The van der Waals surface area contributed by atoms with Gasteiger partial charge in [0.05, 0.1) is 0 Å². The van der Waals surface area contributed by atoms with E-state index in [0.717, 1.165) is 10.6 Å². The van der Waals surface area contributed by atoms with Gasteiger partial charge in [-0.3, -0.25) is 0 Å². The molecule has 0 radical (unpaired) electrons. The predicted octanol–water partition coefficient (Wildman–Crippen LogP) is 5.45. The second-order valence-corrected chi connectivity index (χ2v) is 6.53. The number of halogens is 1. The van der Waals surface area contributed by atoms with Crippen molar-refractivity contribution in [1.82, 2.24) is 5.32 Å². The summed E-state index contributed by atoms with van der Waals surface area (Å²) >= 11 is 8.07. The van der Waals surface area contributed by atoms with Gasteiger partial charge in [0.15, 0.2) is 0 Å². The molecule has 0 bridgehead atoms. The summed E-state index contributed by atoms with van der Waals surface area (Å²) in [4.78, 5) is 1.38. The number of rotatable bonds is 5. The molecule has 0 saturated heterocycles. The molecule has 0 amide bonds. The highest BCUT2D eigenvalue weighted by Crippen LogP contribution is 2.30. The minimum absolute atomic E-state index is 0.239. The maximum Gasteiger partial charge on any atom is 0.0453 e. The fourth-order valence-electron chi connectivity index (χ4n) is 2.26. The molecule has 3 heteroatoms. The van der Waals surface area contributed by atoms with Crippen molar-refractivity contribution in [2.75, 3.05) is 0 Å².